The van der Waals surface area contributed by atoms with E-state index in [-0.39, 0.29) is 12.2 Å². The van der Waals surface area contributed by atoms with Crippen molar-refractivity contribution in [1.82, 2.24) is 9.97 Å². The van der Waals surface area contributed by atoms with E-state index < -0.39 is 0 Å². The first-order valence-corrected chi connectivity index (χ1v) is 6.07. The molecule has 1 saturated heterocycles. The third kappa shape index (κ3) is 2.00. The van der Waals surface area contributed by atoms with E-state index in [9.17, 15) is 0 Å². The summed E-state index contributed by atoms with van der Waals surface area (Å²) in [5.74, 6) is 0.952. The van der Waals surface area contributed by atoms with Gasteiger partial charge in [0.15, 0.2) is 0 Å². The van der Waals surface area contributed by atoms with Gasteiger partial charge in [0.2, 0.25) is 5.95 Å². The Balaban J connectivity index is 1.92. The van der Waals surface area contributed by atoms with Crippen LogP contribution in [0.25, 0.3) is 11.0 Å². The summed E-state index contributed by atoms with van der Waals surface area (Å²) in [6.07, 6.45) is 0.513. The molecule has 2 atom stereocenters. The average molecular weight is 231 g/mol. The molecule has 1 fully saturated rings. The van der Waals surface area contributed by atoms with E-state index in [1.165, 1.54) is 0 Å². The van der Waals surface area contributed by atoms with Gasteiger partial charge in [0.1, 0.15) is 0 Å². The Morgan fingerprint density at radius 1 is 1.24 bits per heavy atom. The van der Waals surface area contributed by atoms with Gasteiger partial charge in [-0.05, 0) is 26.0 Å². The van der Waals surface area contributed by atoms with Gasteiger partial charge < -0.3 is 14.6 Å². The van der Waals surface area contributed by atoms with E-state index in [0.29, 0.717) is 0 Å². The number of nitrogens with one attached hydrogen (secondary N) is 1. The molecule has 0 bridgehead atoms. The number of fused-ring (bicyclic) bond motifs is 1. The summed E-state index contributed by atoms with van der Waals surface area (Å²) in [4.78, 5) is 10.2. The maximum Gasteiger partial charge on any atom is 0.204 e. The number of H-pyrrole nitrogens is 1. The second kappa shape index (κ2) is 4.04. The smallest absolute Gasteiger partial charge is 0.204 e. The summed E-state index contributed by atoms with van der Waals surface area (Å²) in [5, 5.41) is 0. The number of rotatable bonds is 1. The van der Waals surface area contributed by atoms with Gasteiger partial charge in [0.05, 0.1) is 23.2 Å². The van der Waals surface area contributed by atoms with Crippen LogP contribution in [0.5, 0.6) is 0 Å². The van der Waals surface area contributed by atoms with Crippen LogP contribution in [0.15, 0.2) is 24.3 Å². The SMILES string of the molecule is CC1CN(c2nc3ccccc3[nH]2)CC(C)O1. The number of morpholine rings is 1. The highest BCUT2D eigenvalue weighted by Gasteiger charge is 2.24. The highest BCUT2D eigenvalue weighted by atomic mass is 16.5. The quantitative estimate of drug-likeness (QED) is 0.817. The first-order chi connectivity index (χ1) is 8.22. The van der Waals surface area contributed by atoms with Crippen LogP contribution in [-0.2, 0) is 4.74 Å². The zero-order chi connectivity index (χ0) is 11.8. The van der Waals surface area contributed by atoms with Gasteiger partial charge in [-0.3, -0.25) is 0 Å². The normalized spacial score (nSPS) is 25.4. The molecule has 0 spiro atoms. The van der Waals surface area contributed by atoms with E-state index in [1.807, 2.05) is 18.2 Å². The lowest BCUT2D eigenvalue weighted by Gasteiger charge is -2.35. The van der Waals surface area contributed by atoms with Crippen molar-refractivity contribution in [1.29, 1.82) is 0 Å². The fraction of sp³-hybridized carbons (Fsp3) is 0.462. The minimum Gasteiger partial charge on any atom is -0.372 e. The van der Waals surface area contributed by atoms with Gasteiger partial charge in [0.25, 0.3) is 0 Å². The van der Waals surface area contributed by atoms with Crippen LogP contribution < -0.4 is 4.90 Å². The fourth-order valence-corrected chi connectivity index (χ4v) is 2.44. The van der Waals surface area contributed by atoms with E-state index in [0.717, 1.165) is 30.1 Å². The van der Waals surface area contributed by atoms with E-state index >= 15 is 0 Å². The number of aromatic nitrogens is 2. The highest BCUT2D eigenvalue weighted by molar-refractivity contribution is 5.77. The highest BCUT2D eigenvalue weighted by Crippen LogP contribution is 2.20. The molecule has 3 rings (SSSR count). The summed E-state index contributed by atoms with van der Waals surface area (Å²) in [5.41, 5.74) is 2.11. The topological polar surface area (TPSA) is 41.2 Å². The molecule has 2 heterocycles. The van der Waals surface area contributed by atoms with Crippen LogP contribution in [0.4, 0.5) is 5.95 Å². The van der Waals surface area contributed by atoms with Crippen molar-refractivity contribution in [2.45, 2.75) is 26.1 Å². The molecule has 2 aromatic rings. The standard InChI is InChI=1S/C13H17N3O/c1-9-7-16(8-10(2)17-9)13-14-11-5-3-4-6-12(11)15-13/h3-6,9-10H,7-8H2,1-2H3,(H,14,15). The molecule has 90 valence electrons. The molecule has 2 unspecified atom stereocenters. The van der Waals surface area contributed by atoms with Crippen molar-refractivity contribution in [3.63, 3.8) is 0 Å². The predicted molar refractivity (Wildman–Crippen MR) is 68.3 cm³/mol. The van der Waals surface area contributed by atoms with Gasteiger partial charge >= 0.3 is 0 Å². The first kappa shape index (κ1) is 10.6. The van der Waals surface area contributed by atoms with Crippen LogP contribution in [0.1, 0.15) is 13.8 Å². The monoisotopic (exact) mass is 231 g/mol. The van der Waals surface area contributed by atoms with Crippen LogP contribution in [0.3, 0.4) is 0 Å². The first-order valence-electron chi connectivity index (χ1n) is 6.07. The van der Waals surface area contributed by atoms with Crippen molar-refractivity contribution in [2.75, 3.05) is 18.0 Å². The summed E-state index contributed by atoms with van der Waals surface area (Å²) in [6.45, 7) is 5.99. The average Bonchev–Trinajstić information content (AvgIpc) is 2.71. The molecule has 1 N–H and O–H groups in total. The van der Waals surface area contributed by atoms with Crippen LogP contribution in [0.2, 0.25) is 0 Å². The van der Waals surface area contributed by atoms with Gasteiger partial charge in [0, 0.05) is 13.1 Å². The lowest BCUT2D eigenvalue weighted by atomic mass is 10.2. The Morgan fingerprint density at radius 3 is 2.65 bits per heavy atom. The molecule has 4 nitrogen and oxygen atoms in total. The van der Waals surface area contributed by atoms with Crippen molar-refractivity contribution in [2.24, 2.45) is 0 Å². The zero-order valence-electron chi connectivity index (χ0n) is 10.2. The van der Waals surface area contributed by atoms with E-state index in [1.54, 1.807) is 0 Å². The number of para-hydroxylation sites is 2. The summed E-state index contributed by atoms with van der Waals surface area (Å²) >= 11 is 0. The molecule has 1 aromatic carbocycles. The predicted octanol–water partition coefficient (Wildman–Crippen LogP) is 2.18. The Kier molecular flexibility index (Phi) is 2.52. The van der Waals surface area contributed by atoms with E-state index in [4.69, 9.17) is 4.74 Å². The summed E-state index contributed by atoms with van der Waals surface area (Å²) in [7, 11) is 0. The minimum atomic E-state index is 0.256. The second-order valence-corrected chi connectivity index (χ2v) is 4.74. The molecule has 0 aliphatic carbocycles. The lowest BCUT2D eigenvalue weighted by molar-refractivity contribution is -0.00565. The third-order valence-electron chi connectivity index (χ3n) is 3.10. The third-order valence-corrected chi connectivity index (χ3v) is 3.10. The van der Waals surface area contributed by atoms with Crippen molar-refractivity contribution < 1.29 is 4.74 Å². The summed E-state index contributed by atoms with van der Waals surface area (Å²) in [6, 6.07) is 8.12. The molecule has 0 amide bonds. The number of benzene rings is 1. The molecule has 17 heavy (non-hydrogen) atoms. The number of aromatic amines is 1. The van der Waals surface area contributed by atoms with Crippen LogP contribution in [-0.4, -0.2) is 35.3 Å². The molecule has 0 saturated carbocycles. The number of anilines is 1. The summed E-state index contributed by atoms with van der Waals surface area (Å²) < 4.78 is 5.73. The van der Waals surface area contributed by atoms with Gasteiger partial charge in [-0.2, -0.15) is 0 Å². The van der Waals surface area contributed by atoms with Gasteiger partial charge in [-0.15, -0.1) is 0 Å². The zero-order valence-corrected chi connectivity index (χ0v) is 10.2. The lowest BCUT2D eigenvalue weighted by Crippen LogP contribution is -2.45. The number of hydrogen-bond acceptors (Lipinski definition) is 3. The number of nitrogens with zero attached hydrogens (tertiary/aromatic N) is 2. The molecular formula is C13H17N3O. The number of ether oxygens (including phenoxy) is 1. The maximum absolute atomic E-state index is 5.73. The second-order valence-electron chi connectivity index (χ2n) is 4.74. The molecule has 4 heteroatoms. The van der Waals surface area contributed by atoms with Crippen molar-refractivity contribution in [3.8, 4) is 0 Å². The van der Waals surface area contributed by atoms with Crippen molar-refractivity contribution >= 4 is 17.0 Å². The van der Waals surface area contributed by atoms with E-state index in [2.05, 4.69) is 34.8 Å². The molecule has 1 aromatic heterocycles. The molecular weight excluding hydrogens is 214 g/mol. The van der Waals surface area contributed by atoms with Gasteiger partial charge in [-0.25, -0.2) is 4.98 Å². The molecule has 1 aliphatic heterocycles. The van der Waals surface area contributed by atoms with Gasteiger partial charge in [-0.1, -0.05) is 12.1 Å². The van der Waals surface area contributed by atoms with Crippen LogP contribution in [0, 0.1) is 0 Å². The number of imidazole rings is 1. The fourth-order valence-electron chi connectivity index (χ4n) is 2.44. The van der Waals surface area contributed by atoms with Crippen molar-refractivity contribution in [3.05, 3.63) is 24.3 Å². The largest absolute Gasteiger partial charge is 0.372 e. The Hall–Kier alpha value is -1.55. The molecule has 1 aliphatic rings. The molecule has 0 radical (unpaired) electrons. The maximum atomic E-state index is 5.73. The Labute approximate surface area is 101 Å². The minimum absolute atomic E-state index is 0.256. The Morgan fingerprint density at radius 2 is 1.94 bits per heavy atom. The number of hydrogen-bond donors (Lipinski definition) is 1. The van der Waals surface area contributed by atoms with Crippen LogP contribution >= 0.6 is 0 Å². The Bertz CT molecular complexity index is 479.